The van der Waals surface area contributed by atoms with Crippen LogP contribution in [0.4, 0.5) is 5.69 Å². The van der Waals surface area contributed by atoms with Gasteiger partial charge < -0.3 is 4.57 Å². The highest BCUT2D eigenvalue weighted by Gasteiger charge is 2.19. The normalized spacial score (nSPS) is 12.4. The van der Waals surface area contributed by atoms with Crippen LogP contribution in [0.5, 0.6) is 0 Å². The van der Waals surface area contributed by atoms with Crippen LogP contribution >= 0.6 is 0 Å². The van der Waals surface area contributed by atoms with Crippen molar-refractivity contribution in [2.75, 3.05) is 12.1 Å². The van der Waals surface area contributed by atoms with Crippen molar-refractivity contribution in [3.8, 4) is 11.8 Å². The second-order valence-electron chi connectivity index (χ2n) is 7.20. The number of hydrogen-bond donors (Lipinski definition) is 1. The number of benzene rings is 3. The van der Waals surface area contributed by atoms with Gasteiger partial charge in [-0.1, -0.05) is 24.3 Å². The van der Waals surface area contributed by atoms with Crippen LogP contribution < -0.4 is 5.06 Å². The molecule has 0 aliphatic carbocycles. The van der Waals surface area contributed by atoms with Gasteiger partial charge in [-0.3, -0.25) is 4.55 Å². The van der Waals surface area contributed by atoms with Gasteiger partial charge in [-0.2, -0.15) is 9.47 Å². The standard InChI is InChI=1S/C23H19N3O5S2/c1-25(31-32(27)28)19-9-8-18-11-13-26(23(18)16-19)20-5-3-7-22(15-20)33(29,30)21-6-2-4-17(14-21)10-12-24/h2-9,11,13-16H,10H2,1H3,(H,27,28). The van der Waals surface area contributed by atoms with Crippen LogP contribution in [0.2, 0.25) is 0 Å². The molecule has 1 aromatic heterocycles. The first-order valence-electron chi connectivity index (χ1n) is 9.75. The summed E-state index contributed by atoms with van der Waals surface area (Å²) in [6, 6.07) is 22.2. The van der Waals surface area contributed by atoms with Crippen LogP contribution in [0.25, 0.3) is 16.6 Å². The lowest BCUT2D eigenvalue weighted by molar-refractivity contribution is 0.295. The molecule has 3 aromatic carbocycles. The Morgan fingerprint density at radius 1 is 1.06 bits per heavy atom. The van der Waals surface area contributed by atoms with Gasteiger partial charge in [0.05, 0.1) is 33.5 Å². The smallest absolute Gasteiger partial charge is 0.316 e. The van der Waals surface area contributed by atoms with Crippen LogP contribution in [-0.4, -0.2) is 28.8 Å². The fourth-order valence-electron chi connectivity index (χ4n) is 3.53. The summed E-state index contributed by atoms with van der Waals surface area (Å²) >= 11 is -2.46. The predicted octanol–water partition coefficient (Wildman–Crippen LogP) is 4.03. The van der Waals surface area contributed by atoms with E-state index in [0.29, 0.717) is 16.9 Å². The van der Waals surface area contributed by atoms with Crippen molar-refractivity contribution in [1.82, 2.24) is 4.57 Å². The highest BCUT2D eigenvalue weighted by Crippen LogP contribution is 2.28. The highest BCUT2D eigenvalue weighted by atomic mass is 32.2. The molecule has 0 aliphatic heterocycles. The molecule has 0 saturated carbocycles. The summed E-state index contributed by atoms with van der Waals surface area (Å²) in [7, 11) is -2.28. The average Bonchev–Trinajstić information content (AvgIpc) is 3.22. The molecule has 8 nitrogen and oxygen atoms in total. The van der Waals surface area contributed by atoms with Gasteiger partial charge >= 0.3 is 11.4 Å². The van der Waals surface area contributed by atoms with E-state index in [1.165, 1.54) is 30.3 Å². The van der Waals surface area contributed by atoms with Crippen LogP contribution in [-0.2, 0) is 31.9 Å². The van der Waals surface area contributed by atoms with Crippen molar-refractivity contribution in [2.45, 2.75) is 16.2 Å². The van der Waals surface area contributed by atoms with Gasteiger partial charge in [0.15, 0.2) is 0 Å². The van der Waals surface area contributed by atoms with E-state index < -0.39 is 21.2 Å². The summed E-state index contributed by atoms with van der Waals surface area (Å²) in [6.45, 7) is 0. The Balaban J connectivity index is 1.76. The van der Waals surface area contributed by atoms with Gasteiger partial charge in [0.2, 0.25) is 9.84 Å². The Morgan fingerprint density at radius 2 is 1.79 bits per heavy atom. The van der Waals surface area contributed by atoms with Crippen molar-refractivity contribution in [3.63, 3.8) is 0 Å². The zero-order valence-corrected chi connectivity index (χ0v) is 19.1. The van der Waals surface area contributed by atoms with Gasteiger partial charge in [0.25, 0.3) is 0 Å². The molecule has 168 valence electrons. The third-order valence-electron chi connectivity index (χ3n) is 5.11. The number of anilines is 1. The Bertz CT molecular complexity index is 1510. The zero-order chi connectivity index (χ0) is 23.6. The summed E-state index contributed by atoms with van der Waals surface area (Å²) in [4.78, 5) is 0.256. The Kier molecular flexibility index (Phi) is 6.31. The minimum atomic E-state index is -3.79. The lowest BCUT2D eigenvalue weighted by Crippen LogP contribution is -2.18. The van der Waals surface area contributed by atoms with Gasteiger partial charge in [-0.05, 0) is 54.1 Å². The third kappa shape index (κ3) is 4.67. The minimum absolute atomic E-state index is 0.128. The van der Waals surface area contributed by atoms with E-state index >= 15 is 0 Å². The van der Waals surface area contributed by atoms with E-state index in [-0.39, 0.29) is 16.2 Å². The second-order valence-corrected chi connectivity index (χ2v) is 9.73. The number of hydrogen-bond acceptors (Lipinski definition) is 6. The molecule has 10 heteroatoms. The molecule has 1 N–H and O–H groups in total. The van der Waals surface area contributed by atoms with E-state index in [9.17, 15) is 12.6 Å². The first-order chi connectivity index (χ1) is 15.8. The van der Waals surface area contributed by atoms with E-state index in [1.807, 2.05) is 29.0 Å². The van der Waals surface area contributed by atoms with Crippen molar-refractivity contribution < 1.29 is 21.5 Å². The molecular formula is C23H19N3O5S2. The molecular weight excluding hydrogens is 462 g/mol. The molecule has 0 radical (unpaired) electrons. The molecule has 0 amide bonds. The summed E-state index contributed by atoms with van der Waals surface area (Å²) < 4.78 is 53.1. The van der Waals surface area contributed by atoms with E-state index in [2.05, 4.69) is 0 Å². The fourth-order valence-corrected chi connectivity index (χ4v) is 5.17. The summed E-state index contributed by atoms with van der Waals surface area (Å²) in [5, 5.41) is 11.0. The fraction of sp³-hybridized carbons (Fsp3) is 0.0870. The molecule has 4 rings (SSSR count). The maximum Gasteiger partial charge on any atom is 0.325 e. The van der Waals surface area contributed by atoms with Crippen molar-refractivity contribution in [3.05, 3.63) is 84.6 Å². The van der Waals surface area contributed by atoms with Crippen LogP contribution in [0.1, 0.15) is 5.56 Å². The molecule has 1 heterocycles. The maximum absolute atomic E-state index is 13.3. The Labute approximate surface area is 193 Å². The lowest BCUT2D eigenvalue weighted by atomic mass is 10.2. The summed E-state index contributed by atoms with van der Waals surface area (Å²) in [6.07, 6.45) is 1.95. The first kappa shape index (κ1) is 22.7. The van der Waals surface area contributed by atoms with Gasteiger partial charge in [0.1, 0.15) is 0 Å². The van der Waals surface area contributed by atoms with Crippen LogP contribution in [0, 0.1) is 11.3 Å². The van der Waals surface area contributed by atoms with Gasteiger partial charge in [0, 0.05) is 24.3 Å². The summed E-state index contributed by atoms with van der Waals surface area (Å²) in [5.41, 5.74) is 2.57. The number of nitrogens with zero attached hydrogens (tertiary/aromatic N) is 3. The molecule has 1 atom stereocenters. The molecule has 4 aromatic rings. The minimum Gasteiger partial charge on any atom is -0.316 e. The Hall–Kier alpha value is -3.49. The maximum atomic E-state index is 13.3. The molecule has 0 fully saturated rings. The molecule has 0 saturated heterocycles. The zero-order valence-electron chi connectivity index (χ0n) is 17.5. The molecule has 1 unspecified atom stereocenters. The summed E-state index contributed by atoms with van der Waals surface area (Å²) in [5.74, 6) is 0. The average molecular weight is 482 g/mol. The van der Waals surface area contributed by atoms with Gasteiger partial charge in [-0.15, -0.1) is 4.28 Å². The monoisotopic (exact) mass is 481 g/mol. The van der Waals surface area contributed by atoms with Crippen molar-refractivity contribution >= 4 is 37.8 Å². The number of rotatable bonds is 7. The number of sulfone groups is 1. The van der Waals surface area contributed by atoms with E-state index in [1.54, 1.807) is 42.5 Å². The van der Waals surface area contributed by atoms with Gasteiger partial charge in [-0.25, -0.2) is 13.5 Å². The number of fused-ring (bicyclic) bond motifs is 1. The van der Waals surface area contributed by atoms with Crippen LogP contribution in [0.15, 0.2) is 88.8 Å². The second kappa shape index (κ2) is 9.17. The lowest BCUT2D eigenvalue weighted by Gasteiger charge is -2.16. The molecule has 0 spiro atoms. The quantitative estimate of drug-likeness (QED) is 0.313. The van der Waals surface area contributed by atoms with Crippen LogP contribution in [0.3, 0.4) is 0 Å². The predicted molar refractivity (Wildman–Crippen MR) is 125 cm³/mol. The molecule has 0 aliphatic rings. The van der Waals surface area contributed by atoms with E-state index in [4.69, 9.17) is 14.1 Å². The first-order valence-corrected chi connectivity index (χ1v) is 12.3. The SMILES string of the molecule is CN(OS(=O)O)c1ccc2ccn(-c3cccc(S(=O)(=O)c4cccc(CC#N)c4)c3)c2c1. The third-order valence-corrected chi connectivity index (χ3v) is 7.21. The largest absolute Gasteiger partial charge is 0.325 e. The van der Waals surface area contributed by atoms with Crippen molar-refractivity contribution in [2.24, 2.45) is 0 Å². The van der Waals surface area contributed by atoms with E-state index in [0.717, 1.165) is 10.9 Å². The highest BCUT2D eigenvalue weighted by molar-refractivity contribution is 7.91. The molecule has 33 heavy (non-hydrogen) atoms. The number of hydroxylamine groups is 1. The topological polar surface area (TPSA) is 113 Å². The number of aromatic nitrogens is 1. The molecule has 0 bridgehead atoms. The Morgan fingerprint density at radius 3 is 2.52 bits per heavy atom. The van der Waals surface area contributed by atoms with Crippen molar-refractivity contribution in [1.29, 1.82) is 5.26 Å². The number of nitriles is 1.